The van der Waals surface area contributed by atoms with Crippen molar-refractivity contribution in [3.63, 3.8) is 0 Å². The van der Waals surface area contributed by atoms with E-state index in [1.54, 1.807) is 10.6 Å². The maximum Gasteiger partial charge on any atom is 0.356 e. The number of aromatic carboxylic acids is 1. The first-order valence-electron chi connectivity index (χ1n) is 3.83. The molecule has 2 aromatic heterocycles. The Balaban J connectivity index is 2.82. The van der Waals surface area contributed by atoms with E-state index in [1.165, 1.54) is 6.20 Å². The number of carboxylic acids is 1. The van der Waals surface area contributed by atoms with E-state index in [0.717, 1.165) is 5.69 Å². The van der Waals surface area contributed by atoms with Gasteiger partial charge in [0, 0.05) is 18.1 Å². The van der Waals surface area contributed by atoms with Gasteiger partial charge in [0.1, 0.15) is 0 Å². The second-order valence-corrected chi connectivity index (χ2v) is 3.17. The van der Waals surface area contributed by atoms with E-state index in [0.29, 0.717) is 5.65 Å². The lowest BCUT2D eigenvalue weighted by molar-refractivity contribution is 0.0690. The fourth-order valence-electron chi connectivity index (χ4n) is 1.17. The Bertz CT molecular complexity index is 521. The lowest BCUT2D eigenvalue weighted by Gasteiger charge is -1.99. The normalized spacial score (nSPS) is 10.7. The zero-order valence-corrected chi connectivity index (χ0v) is 7.99. The topological polar surface area (TPSA) is 67.5 Å². The maximum absolute atomic E-state index is 10.7. The van der Waals surface area contributed by atoms with Gasteiger partial charge in [-0.2, -0.15) is 0 Å². The highest BCUT2D eigenvalue weighted by molar-refractivity contribution is 6.32. The van der Waals surface area contributed by atoms with Crippen molar-refractivity contribution in [3.8, 4) is 0 Å². The molecule has 0 radical (unpaired) electrons. The Hall–Kier alpha value is -1.62. The summed E-state index contributed by atoms with van der Waals surface area (Å²) < 4.78 is 1.60. The van der Waals surface area contributed by atoms with Crippen molar-refractivity contribution in [2.75, 3.05) is 0 Å². The number of imidazole rings is 1. The summed E-state index contributed by atoms with van der Waals surface area (Å²) in [6.07, 6.45) is 3.00. The SMILES string of the molecule is Cc1cnc2c(Cl)nc(C(=O)O)cn12. The molecule has 0 saturated carbocycles. The number of aryl methyl sites for hydroxylation is 1. The third-order valence-corrected chi connectivity index (χ3v) is 2.11. The Labute approximate surface area is 84.0 Å². The van der Waals surface area contributed by atoms with Crippen LogP contribution in [-0.4, -0.2) is 25.4 Å². The van der Waals surface area contributed by atoms with Gasteiger partial charge in [-0.05, 0) is 6.92 Å². The summed E-state index contributed by atoms with van der Waals surface area (Å²) in [5.41, 5.74) is 1.18. The lowest BCUT2D eigenvalue weighted by atomic mass is 10.4. The van der Waals surface area contributed by atoms with E-state index >= 15 is 0 Å². The first kappa shape index (κ1) is 8.96. The Morgan fingerprint density at radius 1 is 1.64 bits per heavy atom. The molecule has 0 bridgehead atoms. The van der Waals surface area contributed by atoms with Crippen LogP contribution in [-0.2, 0) is 0 Å². The molecule has 72 valence electrons. The first-order valence-corrected chi connectivity index (χ1v) is 4.21. The van der Waals surface area contributed by atoms with Crippen molar-refractivity contribution in [3.05, 3.63) is 28.9 Å². The summed E-state index contributed by atoms with van der Waals surface area (Å²) in [7, 11) is 0. The molecular weight excluding hydrogens is 206 g/mol. The van der Waals surface area contributed by atoms with Crippen molar-refractivity contribution < 1.29 is 9.90 Å². The number of carboxylic acid groups (broad SMARTS) is 1. The molecule has 0 amide bonds. The van der Waals surface area contributed by atoms with Gasteiger partial charge >= 0.3 is 5.97 Å². The first-order chi connectivity index (χ1) is 6.59. The van der Waals surface area contributed by atoms with Gasteiger partial charge in [0.2, 0.25) is 0 Å². The van der Waals surface area contributed by atoms with Crippen LogP contribution in [0.1, 0.15) is 16.2 Å². The largest absolute Gasteiger partial charge is 0.476 e. The number of rotatable bonds is 1. The van der Waals surface area contributed by atoms with Gasteiger partial charge in [-0.15, -0.1) is 0 Å². The van der Waals surface area contributed by atoms with Crippen molar-refractivity contribution >= 4 is 23.2 Å². The van der Waals surface area contributed by atoms with Crippen LogP contribution in [0.3, 0.4) is 0 Å². The van der Waals surface area contributed by atoms with Crippen LogP contribution in [0.5, 0.6) is 0 Å². The maximum atomic E-state index is 10.7. The molecule has 2 rings (SSSR count). The zero-order valence-electron chi connectivity index (χ0n) is 7.23. The van der Waals surface area contributed by atoms with Gasteiger partial charge < -0.3 is 5.11 Å². The molecule has 5 nitrogen and oxygen atoms in total. The van der Waals surface area contributed by atoms with Crippen molar-refractivity contribution in [1.82, 2.24) is 14.4 Å². The minimum Gasteiger partial charge on any atom is -0.476 e. The Kier molecular flexibility index (Phi) is 1.89. The van der Waals surface area contributed by atoms with E-state index in [-0.39, 0.29) is 10.8 Å². The van der Waals surface area contributed by atoms with Gasteiger partial charge in [0.05, 0.1) is 0 Å². The number of aromatic nitrogens is 3. The predicted octanol–water partition coefficient (Wildman–Crippen LogP) is 1.39. The fraction of sp³-hybridized carbons (Fsp3) is 0.125. The highest BCUT2D eigenvalue weighted by Crippen LogP contribution is 2.15. The molecule has 0 spiro atoms. The molecule has 6 heteroatoms. The van der Waals surface area contributed by atoms with Crippen LogP contribution < -0.4 is 0 Å². The molecule has 1 N–H and O–H groups in total. The summed E-state index contributed by atoms with van der Waals surface area (Å²) in [4.78, 5) is 18.4. The number of halogens is 1. The smallest absolute Gasteiger partial charge is 0.356 e. The molecule has 0 atom stereocenters. The number of fused-ring (bicyclic) bond motifs is 1. The average Bonchev–Trinajstić information content (AvgIpc) is 2.48. The van der Waals surface area contributed by atoms with Crippen LogP contribution in [0.25, 0.3) is 5.65 Å². The molecule has 0 aromatic carbocycles. The summed E-state index contributed by atoms with van der Waals surface area (Å²) in [6, 6.07) is 0. The third kappa shape index (κ3) is 1.22. The van der Waals surface area contributed by atoms with Crippen LogP contribution in [0.4, 0.5) is 0 Å². The van der Waals surface area contributed by atoms with E-state index < -0.39 is 5.97 Å². The number of hydrogen-bond acceptors (Lipinski definition) is 3. The third-order valence-electron chi connectivity index (χ3n) is 1.86. The molecule has 0 saturated heterocycles. The van der Waals surface area contributed by atoms with Gasteiger partial charge in [-0.25, -0.2) is 14.8 Å². The van der Waals surface area contributed by atoms with Crippen molar-refractivity contribution in [2.45, 2.75) is 6.92 Å². The molecule has 14 heavy (non-hydrogen) atoms. The average molecular weight is 212 g/mol. The summed E-state index contributed by atoms with van der Waals surface area (Å²) in [5, 5.41) is 8.84. The Morgan fingerprint density at radius 3 is 3.00 bits per heavy atom. The Morgan fingerprint density at radius 2 is 2.36 bits per heavy atom. The van der Waals surface area contributed by atoms with E-state index in [2.05, 4.69) is 9.97 Å². The molecule has 0 unspecified atom stereocenters. The van der Waals surface area contributed by atoms with E-state index in [9.17, 15) is 4.79 Å². The minimum absolute atomic E-state index is 0.0939. The lowest BCUT2D eigenvalue weighted by Crippen LogP contribution is -2.04. The number of nitrogens with zero attached hydrogens (tertiary/aromatic N) is 3. The fourth-order valence-corrected chi connectivity index (χ4v) is 1.40. The minimum atomic E-state index is -1.11. The van der Waals surface area contributed by atoms with E-state index in [1.807, 2.05) is 6.92 Å². The van der Waals surface area contributed by atoms with Crippen LogP contribution in [0.2, 0.25) is 5.15 Å². The van der Waals surface area contributed by atoms with Gasteiger partial charge in [-0.3, -0.25) is 4.40 Å². The van der Waals surface area contributed by atoms with Gasteiger partial charge in [-0.1, -0.05) is 11.6 Å². The molecule has 0 aliphatic heterocycles. The second kappa shape index (κ2) is 2.95. The molecule has 2 aromatic rings. The van der Waals surface area contributed by atoms with Crippen molar-refractivity contribution in [1.29, 1.82) is 0 Å². The molecule has 0 fully saturated rings. The second-order valence-electron chi connectivity index (χ2n) is 2.82. The highest BCUT2D eigenvalue weighted by Gasteiger charge is 2.11. The quantitative estimate of drug-likeness (QED) is 0.774. The van der Waals surface area contributed by atoms with Crippen LogP contribution >= 0.6 is 11.6 Å². The van der Waals surface area contributed by atoms with Crippen molar-refractivity contribution in [2.24, 2.45) is 0 Å². The molecular formula is C8H6ClN3O2. The van der Waals surface area contributed by atoms with Crippen LogP contribution in [0, 0.1) is 6.92 Å². The summed E-state index contributed by atoms with van der Waals surface area (Å²) in [5.74, 6) is -1.11. The molecule has 2 heterocycles. The predicted molar refractivity (Wildman–Crippen MR) is 49.7 cm³/mol. The standard InChI is InChI=1S/C8H6ClN3O2/c1-4-2-10-7-6(9)11-5(8(13)14)3-12(4)7/h2-3H,1H3,(H,13,14). The van der Waals surface area contributed by atoms with E-state index in [4.69, 9.17) is 16.7 Å². The summed E-state index contributed by atoms with van der Waals surface area (Å²) >= 11 is 5.76. The zero-order chi connectivity index (χ0) is 10.3. The van der Waals surface area contributed by atoms with Gasteiger partial charge in [0.25, 0.3) is 0 Å². The number of hydrogen-bond donors (Lipinski definition) is 1. The molecule has 0 aliphatic carbocycles. The number of carbonyl (C=O) groups is 1. The van der Waals surface area contributed by atoms with Crippen LogP contribution in [0.15, 0.2) is 12.4 Å². The molecule has 0 aliphatic rings. The highest BCUT2D eigenvalue weighted by atomic mass is 35.5. The van der Waals surface area contributed by atoms with Gasteiger partial charge in [0.15, 0.2) is 16.5 Å². The monoisotopic (exact) mass is 211 g/mol. The summed E-state index contributed by atoms with van der Waals surface area (Å²) in [6.45, 7) is 1.81.